The molecule has 6 heteroatoms. The van der Waals surface area contributed by atoms with Gasteiger partial charge in [-0.1, -0.05) is 11.6 Å². The van der Waals surface area contributed by atoms with E-state index >= 15 is 0 Å². The Morgan fingerprint density at radius 2 is 1.83 bits per heavy atom. The predicted molar refractivity (Wildman–Crippen MR) is 100 cm³/mol. The van der Waals surface area contributed by atoms with Gasteiger partial charge in [-0.2, -0.15) is 0 Å². The molecule has 0 unspecified atom stereocenters. The molecule has 128 valence electrons. The van der Waals surface area contributed by atoms with Gasteiger partial charge in [-0.15, -0.1) is 11.3 Å². The van der Waals surface area contributed by atoms with E-state index in [2.05, 4.69) is 5.32 Å². The molecule has 4 nitrogen and oxygen atoms in total. The monoisotopic (exact) mass is 364 g/mol. The molecule has 0 radical (unpaired) electrons. The van der Waals surface area contributed by atoms with E-state index in [1.54, 1.807) is 23.1 Å². The summed E-state index contributed by atoms with van der Waals surface area (Å²) in [6, 6.07) is 6.84. The topological polar surface area (TPSA) is 49.4 Å². The molecule has 1 aromatic carbocycles. The molecule has 0 aliphatic carbocycles. The van der Waals surface area contributed by atoms with Gasteiger partial charge in [-0.25, -0.2) is 0 Å². The zero-order valence-electron chi connectivity index (χ0n) is 14.3. The highest BCUT2D eigenvalue weighted by atomic mass is 35.5. The van der Waals surface area contributed by atoms with E-state index in [4.69, 9.17) is 11.6 Å². The molecule has 2 rings (SSSR count). The Bertz CT molecular complexity index is 747. The van der Waals surface area contributed by atoms with Gasteiger partial charge < -0.3 is 10.2 Å². The maximum atomic E-state index is 12.4. The van der Waals surface area contributed by atoms with Gasteiger partial charge in [-0.05, 0) is 57.5 Å². The van der Waals surface area contributed by atoms with Crippen molar-refractivity contribution < 1.29 is 9.59 Å². The van der Waals surface area contributed by atoms with E-state index in [1.165, 1.54) is 11.3 Å². The van der Waals surface area contributed by atoms with Crippen LogP contribution in [0.4, 0.5) is 5.69 Å². The largest absolute Gasteiger partial charge is 0.339 e. The van der Waals surface area contributed by atoms with Crippen LogP contribution in [0.5, 0.6) is 0 Å². The standard InChI is InChI=1S/C18H21ClN2O2S/c1-5-21(6-2)18(23)14-8-7-13(10-15(14)19)20-17(22)16-9-11(3)12(4)24-16/h7-10H,5-6H2,1-4H3,(H,20,22). The molecule has 2 amide bonds. The predicted octanol–water partition coefficient (Wildman–Crippen LogP) is 4.75. The number of nitrogens with one attached hydrogen (secondary N) is 1. The second kappa shape index (κ2) is 7.81. The first-order valence-electron chi connectivity index (χ1n) is 7.84. The number of thiophene rings is 1. The molecule has 24 heavy (non-hydrogen) atoms. The number of anilines is 1. The van der Waals surface area contributed by atoms with Gasteiger partial charge >= 0.3 is 0 Å². The van der Waals surface area contributed by atoms with Crippen LogP contribution < -0.4 is 5.32 Å². The summed E-state index contributed by atoms with van der Waals surface area (Å²) in [7, 11) is 0. The lowest BCUT2D eigenvalue weighted by Crippen LogP contribution is -2.30. The lowest BCUT2D eigenvalue weighted by Gasteiger charge is -2.19. The van der Waals surface area contributed by atoms with Gasteiger partial charge in [0, 0.05) is 23.7 Å². The summed E-state index contributed by atoms with van der Waals surface area (Å²) in [5.74, 6) is -0.275. The third-order valence-electron chi connectivity index (χ3n) is 3.90. The SMILES string of the molecule is CCN(CC)C(=O)c1ccc(NC(=O)c2cc(C)c(C)s2)cc1Cl. The first kappa shape index (κ1) is 18.5. The summed E-state index contributed by atoms with van der Waals surface area (Å²) in [4.78, 5) is 28.2. The van der Waals surface area contributed by atoms with Crippen molar-refractivity contribution in [3.8, 4) is 0 Å². The van der Waals surface area contributed by atoms with E-state index in [0.29, 0.717) is 34.2 Å². The van der Waals surface area contributed by atoms with Crippen molar-refractivity contribution in [1.82, 2.24) is 4.90 Å². The molecule has 1 heterocycles. The zero-order chi connectivity index (χ0) is 17.9. The minimum Gasteiger partial charge on any atom is -0.339 e. The Morgan fingerprint density at radius 1 is 1.17 bits per heavy atom. The number of aryl methyl sites for hydroxylation is 2. The van der Waals surface area contributed by atoms with Crippen molar-refractivity contribution in [2.75, 3.05) is 18.4 Å². The second-order valence-electron chi connectivity index (χ2n) is 5.48. The Labute approximate surface area is 151 Å². The fourth-order valence-corrected chi connectivity index (χ4v) is 3.52. The van der Waals surface area contributed by atoms with Crippen LogP contribution in [0.3, 0.4) is 0 Å². The number of rotatable bonds is 5. The third-order valence-corrected chi connectivity index (χ3v) is 5.36. The van der Waals surface area contributed by atoms with Gasteiger partial charge in [0.05, 0.1) is 15.5 Å². The average molecular weight is 365 g/mol. The number of carbonyl (C=O) groups excluding carboxylic acids is 2. The van der Waals surface area contributed by atoms with Crippen LogP contribution in [0.15, 0.2) is 24.3 Å². The number of hydrogen-bond donors (Lipinski definition) is 1. The average Bonchev–Trinajstić information content (AvgIpc) is 2.88. The highest BCUT2D eigenvalue weighted by Crippen LogP contribution is 2.25. The van der Waals surface area contributed by atoms with Crippen molar-refractivity contribution in [3.63, 3.8) is 0 Å². The van der Waals surface area contributed by atoms with Gasteiger partial charge in [0.1, 0.15) is 0 Å². The highest BCUT2D eigenvalue weighted by Gasteiger charge is 2.17. The maximum absolute atomic E-state index is 12.4. The lowest BCUT2D eigenvalue weighted by atomic mass is 10.1. The van der Waals surface area contributed by atoms with E-state index in [9.17, 15) is 9.59 Å². The van der Waals surface area contributed by atoms with E-state index in [0.717, 1.165) is 10.4 Å². The van der Waals surface area contributed by atoms with Gasteiger partial charge in [0.2, 0.25) is 0 Å². The van der Waals surface area contributed by atoms with Crippen molar-refractivity contribution in [2.45, 2.75) is 27.7 Å². The third kappa shape index (κ3) is 3.97. The lowest BCUT2D eigenvalue weighted by molar-refractivity contribution is 0.0773. The first-order chi connectivity index (χ1) is 11.4. The van der Waals surface area contributed by atoms with Crippen molar-refractivity contribution >= 4 is 40.4 Å². The van der Waals surface area contributed by atoms with Crippen LogP contribution in [-0.2, 0) is 0 Å². The summed E-state index contributed by atoms with van der Waals surface area (Å²) in [6.45, 7) is 9.07. The van der Waals surface area contributed by atoms with Crippen LogP contribution in [0.1, 0.15) is 44.3 Å². The zero-order valence-corrected chi connectivity index (χ0v) is 15.8. The first-order valence-corrected chi connectivity index (χ1v) is 9.04. The summed E-state index contributed by atoms with van der Waals surface area (Å²) in [5, 5.41) is 3.16. The van der Waals surface area contributed by atoms with Crippen molar-refractivity contribution in [3.05, 3.63) is 50.2 Å². The van der Waals surface area contributed by atoms with Crippen LogP contribution in [-0.4, -0.2) is 29.8 Å². The molecule has 0 spiro atoms. The number of halogens is 1. The maximum Gasteiger partial charge on any atom is 0.265 e. The van der Waals surface area contributed by atoms with Gasteiger partial charge in [0.15, 0.2) is 0 Å². The Balaban J connectivity index is 2.17. The van der Waals surface area contributed by atoms with Crippen LogP contribution >= 0.6 is 22.9 Å². The number of nitrogens with zero attached hydrogens (tertiary/aromatic N) is 1. The second-order valence-corrected chi connectivity index (χ2v) is 7.14. The summed E-state index contributed by atoms with van der Waals surface area (Å²) in [6.07, 6.45) is 0. The summed E-state index contributed by atoms with van der Waals surface area (Å²) in [5.41, 5.74) is 2.12. The van der Waals surface area contributed by atoms with E-state index < -0.39 is 0 Å². The Morgan fingerprint density at radius 3 is 2.33 bits per heavy atom. The molecular formula is C18H21ClN2O2S. The normalized spacial score (nSPS) is 10.5. The summed E-state index contributed by atoms with van der Waals surface area (Å²) < 4.78 is 0. The quantitative estimate of drug-likeness (QED) is 0.832. The molecule has 0 atom stereocenters. The smallest absolute Gasteiger partial charge is 0.265 e. The molecule has 0 aliphatic heterocycles. The molecule has 0 fully saturated rings. The minimum atomic E-state index is -0.171. The van der Waals surface area contributed by atoms with Crippen molar-refractivity contribution in [1.29, 1.82) is 0 Å². The molecule has 0 saturated heterocycles. The number of benzene rings is 1. The van der Waals surface area contributed by atoms with Crippen LogP contribution in [0, 0.1) is 13.8 Å². The van der Waals surface area contributed by atoms with Crippen LogP contribution in [0.25, 0.3) is 0 Å². The van der Waals surface area contributed by atoms with E-state index in [1.807, 2.05) is 33.8 Å². The van der Waals surface area contributed by atoms with Crippen LogP contribution in [0.2, 0.25) is 5.02 Å². The fraction of sp³-hybridized carbons (Fsp3) is 0.333. The molecule has 1 N–H and O–H groups in total. The van der Waals surface area contributed by atoms with Gasteiger partial charge in [-0.3, -0.25) is 9.59 Å². The Kier molecular flexibility index (Phi) is 6.02. The fourth-order valence-electron chi connectivity index (χ4n) is 2.33. The molecule has 0 saturated carbocycles. The summed E-state index contributed by atoms with van der Waals surface area (Å²) >= 11 is 7.70. The minimum absolute atomic E-state index is 0.104. The van der Waals surface area contributed by atoms with Gasteiger partial charge in [0.25, 0.3) is 11.8 Å². The molecule has 2 aromatic rings. The molecular weight excluding hydrogens is 344 g/mol. The highest BCUT2D eigenvalue weighted by molar-refractivity contribution is 7.14. The number of carbonyl (C=O) groups is 2. The molecule has 0 aliphatic rings. The number of hydrogen-bond acceptors (Lipinski definition) is 3. The van der Waals surface area contributed by atoms with Crippen molar-refractivity contribution in [2.24, 2.45) is 0 Å². The van der Waals surface area contributed by atoms with E-state index in [-0.39, 0.29) is 11.8 Å². The number of amides is 2. The molecule has 0 bridgehead atoms. The Hall–Kier alpha value is -1.85. The molecule has 1 aromatic heterocycles.